The molecule has 0 saturated heterocycles. The Labute approximate surface area is 162 Å². The Kier molecular flexibility index (Phi) is 5.81. The van der Waals surface area contributed by atoms with E-state index in [4.69, 9.17) is 4.74 Å². The number of benzene rings is 2. The van der Waals surface area contributed by atoms with Crippen LogP contribution in [-0.4, -0.2) is 28.9 Å². The first-order chi connectivity index (χ1) is 13.5. The quantitative estimate of drug-likeness (QED) is 0.608. The molecule has 8 heteroatoms. The average molecular weight is 377 g/mol. The monoisotopic (exact) mass is 377 g/mol. The number of carbonyl (C=O) groups is 2. The molecule has 0 unspecified atom stereocenters. The maximum absolute atomic E-state index is 12.4. The molecule has 0 aliphatic rings. The van der Waals surface area contributed by atoms with Gasteiger partial charge in [0.25, 0.3) is 5.91 Å². The van der Waals surface area contributed by atoms with E-state index in [-0.39, 0.29) is 11.6 Å². The van der Waals surface area contributed by atoms with Crippen molar-refractivity contribution in [2.24, 2.45) is 0 Å². The van der Waals surface area contributed by atoms with Gasteiger partial charge in [-0.25, -0.2) is 9.97 Å². The number of aromatic nitrogens is 2. The van der Waals surface area contributed by atoms with Crippen LogP contribution in [-0.2, 0) is 4.79 Å². The third-order valence-corrected chi connectivity index (χ3v) is 3.67. The van der Waals surface area contributed by atoms with Gasteiger partial charge in [-0.2, -0.15) is 0 Å². The van der Waals surface area contributed by atoms with Crippen LogP contribution in [0.2, 0.25) is 0 Å². The molecule has 0 fully saturated rings. The molecule has 0 spiro atoms. The highest BCUT2D eigenvalue weighted by Crippen LogP contribution is 2.20. The Bertz CT molecular complexity index is 989. The maximum Gasteiger partial charge on any atom is 0.275 e. The molecule has 0 radical (unpaired) electrons. The molecule has 142 valence electrons. The molecule has 0 aliphatic heterocycles. The van der Waals surface area contributed by atoms with Crippen LogP contribution in [0.1, 0.15) is 17.4 Å². The number of methoxy groups -OCH3 is 1. The van der Waals surface area contributed by atoms with Crippen LogP contribution in [0.4, 0.5) is 22.9 Å². The van der Waals surface area contributed by atoms with E-state index in [1.807, 2.05) is 24.3 Å². The SMILES string of the molecule is COc1cccc(Nc2cnc(C(=O)Nc3cccc(NC(C)=O)c3)cn2)c1. The zero-order valence-electron chi connectivity index (χ0n) is 15.4. The second-order valence-corrected chi connectivity index (χ2v) is 5.86. The topological polar surface area (TPSA) is 105 Å². The molecule has 2 aromatic carbocycles. The number of anilines is 4. The van der Waals surface area contributed by atoms with E-state index in [0.29, 0.717) is 17.2 Å². The number of nitrogens with one attached hydrogen (secondary N) is 3. The van der Waals surface area contributed by atoms with Crippen LogP contribution in [0.3, 0.4) is 0 Å². The minimum atomic E-state index is -0.402. The highest BCUT2D eigenvalue weighted by Gasteiger charge is 2.09. The zero-order valence-corrected chi connectivity index (χ0v) is 15.4. The summed E-state index contributed by atoms with van der Waals surface area (Å²) in [6.07, 6.45) is 2.86. The van der Waals surface area contributed by atoms with Gasteiger partial charge < -0.3 is 20.7 Å². The Hall–Kier alpha value is -3.94. The lowest BCUT2D eigenvalue weighted by atomic mass is 10.2. The summed E-state index contributed by atoms with van der Waals surface area (Å²) in [6.45, 7) is 1.42. The standard InChI is InChI=1S/C20H19N5O3/c1-13(26)23-14-5-3-6-15(9-14)25-20(27)18-11-22-19(12-21-18)24-16-7-4-8-17(10-16)28-2/h3-12H,1-2H3,(H,22,24)(H,23,26)(H,25,27). The Morgan fingerprint density at radius 3 is 2.29 bits per heavy atom. The summed E-state index contributed by atoms with van der Waals surface area (Å²) in [5, 5.41) is 8.48. The number of amides is 2. The molecular formula is C20H19N5O3. The lowest BCUT2D eigenvalue weighted by molar-refractivity contribution is -0.114. The highest BCUT2D eigenvalue weighted by atomic mass is 16.5. The number of hydrogen-bond donors (Lipinski definition) is 3. The van der Waals surface area contributed by atoms with E-state index in [2.05, 4.69) is 25.9 Å². The molecule has 8 nitrogen and oxygen atoms in total. The van der Waals surface area contributed by atoms with Crippen LogP contribution in [0.25, 0.3) is 0 Å². The predicted octanol–water partition coefficient (Wildman–Crippen LogP) is 3.44. The summed E-state index contributed by atoms with van der Waals surface area (Å²) in [4.78, 5) is 31.9. The normalized spacial score (nSPS) is 10.1. The van der Waals surface area contributed by atoms with Crippen LogP contribution < -0.4 is 20.7 Å². The van der Waals surface area contributed by atoms with Gasteiger partial charge in [0.1, 0.15) is 17.3 Å². The molecule has 3 rings (SSSR count). The van der Waals surface area contributed by atoms with Gasteiger partial charge in [-0.3, -0.25) is 9.59 Å². The number of nitrogens with zero attached hydrogens (tertiary/aromatic N) is 2. The van der Waals surface area contributed by atoms with Gasteiger partial charge >= 0.3 is 0 Å². The van der Waals surface area contributed by atoms with Crippen molar-refractivity contribution in [3.63, 3.8) is 0 Å². The summed E-state index contributed by atoms with van der Waals surface area (Å²) in [5.41, 5.74) is 2.09. The van der Waals surface area contributed by atoms with E-state index >= 15 is 0 Å². The molecule has 28 heavy (non-hydrogen) atoms. The molecule has 3 N–H and O–H groups in total. The van der Waals surface area contributed by atoms with Gasteiger partial charge in [-0.05, 0) is 30.3 Å². The summed E-state index contributed by atoms with van der Waals surface area (Å²) in [7, 11) is 1.60. The smallest absolute Gasteiger partial charge is 0.275 e. The lowest BCUT2D eigenvalue weighted by Gasteiger charge is -2.09. The first kappa shape index (κ1) is 18.8. The molecule has 0 aliphatic carbocycles. The Morgan fingerprint density at radius 2 is 1.61 bits per heavy atom. The Morgan fingerprint density at radius 1 is 0.893 bits per heavy atom. The molecular weight excluding hydrogens is 358 g/mol. The van der Waals surface area contributed by atoms with E-state index in [1.54, 1.807) is 31.4 Å². The van der Waals surface area contributed by atoms with Crippen molar-refractivity contribution in [3.8, 4) is 5.75 Å². The molecule has 0 saturated carbocycles. The van der Waals surface area contributed by atoms with Crippen LogP contribution in [0.15, 0.2) is 60.9 Å². The van der Waals surface area contributed by atoms with E-state index in [9.17, 15) is 9.59 Å². The van der Waals surface area contributed by atoms with E-state index in [1.165, 1.54) is 19.3 Å². The second-order valence-electron chi connectivity index (χ2n) is 5.86. The predicted molar refractivity (Wildman–Crippen MR) is 107 cm³/mol. The maximum atomic E-state index is 12.4. The van der Waals surface area contributed by atoms with E-state index < -0.39 is 5.91 Å². The summed E-state index contributed by atoms with van der Waals surface area (Å²) in [5.74, 6) is 0.627. The first-order valence-corrected chi connectivity index (χ1v) is 8.45. The third-order valence-electron chi connectivity index (χ3n) is 3.67. The average Bonchev–Trinajstić information content (AvgIpc) is 2.68. The summed E-state index contributed by atoms with van der Waals surface area (Å²) < 4.78 is 5.18. The van der Waals surface area contributed by atoms with Crippen LogP contribution in [0.5, 0.6) is 5.75 Å². The number of hydrogen-bond acceptors (Lipinski definition) is 6. The van der Waals surface area contributed by atoms with Gasteiger partial charge in [-0.1, -0.05) is 12.1 Å². The van der Waals surface area contributed by atoms with Gasteiger partial charge in [-0.15, -0.1) is 0 Å². The van der Waals surface area contributed by atoms with Crippen molar-refractivity contribution in [1.29, 1.82) is 0 Å². The molecule has 0 bridgehead atoms. The largest absolute Gasteiger partial charge is 0.497 e. The highest BCUT2D eigenvalue weighted by molar-refractivity contribution is 6.03. The molecule has 1 aromatic heterocycles. The van der Waals surface area contributed by atoms with Gasteiger partial charge in [0.15, 0.2) is 0 Å². The lowest BCUT2D eigenvalue weighted by Crippen LogP contribution is -2.14. The van der Waals surface area contributed by atoms with Gasteiger partial charge in [0.05, 0.1) is 19.5 Å². The third kappa shape index (κ3) is 5.04. The van der Waals surface area contributed by atoms with Crippen molar-refractivity contribution in [2.75, 3.05) is 23.1 Å². The van der Waals surface area contributed by atoms with Crippen LogP contribution >= 0.6 is 0 Å². The van der Waals surface area contributed by atoms with Crippen molar-refractivity contribution >= 4 is 34.7 Å². The van der Waals surface area contributed by atoms with Crippen molar-refractivity contribution < 1.29 is 14.3 Å². The molecule has 3 aromatic rings. The van der Waals surface area contributed by atoms with Crippen molar-refractivity contribution in [1.82, 2.24) is 9.97 Å². The molecule has 2 amide bonds. The number of ether oxygens (including phenoxy) is 1. The summed E-state index contributed by atoms with van der Waals surface area (Å²) in [6, 6.07) is 14.2. The molecule has 0 atom stereocenters. The fourth-order valence-electron chi connectivity index (χ4n) is 2.43. The van der Waals surface area contributed by atoms with Crippen molar-refractivity contribution in [2.45, 2.75) is 6.92 Å². The zero-order chi connectivity index (χ0) is 19.9. The first-order valence-electron chi connectivity index (χ1n) is 8.45. The summed E-state index contributed by atoms with van der Waals surface area (Å²) >= 11 is 0. The minimum absolute atomic E-state index is 0.168. The Balaban J connectivity index is 1.66. The van der Waals surface area contributed by atoms with Crippen LogP contribution in [0, 0.1) is 0 Å². The number of rotatable bonds is 6. The fraction of sp³-hybridized carbons (Fsp3) is 0.100. The van der Waals surface area contributed by atoms with Crippen molar-refractivity contribution in [3.05, 3.63) is 66.6 Å². The van der Waals surface area contributed by atoms with E-state index in [0.717, 1.165) is 11.4 Å². The van der Waals surface area contributed by atoms with Gasteiger partial charge in [0, 0.05) is 30.1 Å². The number of carbonyl (C=O) groups excluding carboxylic acids is 2. The minimum Gasteiger partial charge on any atom is -0.497 e. The second kappa shape index (κ2) is 8.63. The fourth-order valence-corrected chi connectivity index (χ4v) is 2.43. The van der Waals surface area contributed by atoms with Gasteiger partial charge in [0.2, 0.25) is 5.91 Å². The molecule has 1 heterocycles.